The Bertz CT molecular complexity index is 1400. The van der Waals surface area contributed by atoms with Crippen LogP contribution in [0.15, 0.2) is 53.1 Å². The third-order valence-electron chi connectivity index (χ3n) is 8.25. The first-order valence-corrected chi connectivity index (χ1v) is 15.8. The van der Waals surface area contributed by atoms with Gasteiger partial charge in [0.1, 0.15) is 0 Å². The molecule has 3 aromatic carbocycles. The molecular weight excluding hydrogens is 711 g/mol. The van der Waals surface area contributed by atoms with Crippen LogP contribution in [0.5, 0.6) is 34.5 Å². The topological polar surface area (TPSA) is 55.4 Å². The van der Waals surface area contributed by atoms with E-state index >= 15 is 0 Å². The summed E-state index contributed by atoms with van der Waals surface area (Å²) in [6.07, 6.45) is 3.36. The Morgan fingerprint density at radius 1 is 0.511 bits per heavy atom. The molecule has 0 spiro atoms. The van der Waals surface area contributed by atoms with E-state index in [0.29, 0.717) is 40.4 Å². The van der Waals surface area contributed by atoms with E-state index < -0.39 is 8.80 Å². The van der Waals surface area contributed by atoms with Gasteiger partial charge in [-0.2, -0.15) is 11.1 Å². The minimum Gasteiger partial charge on any atom is -0.493 e. The fraction of sp³-hybridized carbons (Fsp3) is 0.389. The van der Waals surface area contributed by atoms with Gasteiger partial charge >= 0.3 is 0 Å². The van der Waals surface area contributed by atoms with Gasteiger partial charge in [-0.05, 0) is 71.2 Å². The van der Waals surface area contributed by atoms with Crippen LogP contribution in [0.1, 0.15) is 44.4 Å². The van der Waals surface area contributed by atoms with E-state index in [9.17, 15) is 0 Å². The second-order valence-electron chi connectivity index (χ2n) is 10.7. The molecule has 0 fully saturated rings. The molecule has 0 amide bonds. The Morgan fingerprint density at radius 2 is 0.809 bits per heavy atom. The maximum atomic E-state index is 5.97. The summed E-state index contributed by atoms with van der Waals surface area (Å²) in [7, 11) is 8.17. The van der Waals surface area contributed by atoms with Crippen molar-refractivity contribution in [2.24, 2.45) is 5.92 Å². The van der Waals surface area contributed by atoms with Crippen molar-refractivity contribution in [3.05, 3.63) is 75.9 Å². The van der Waals surface area contributed by atoms with Crippen LogP contribution in [0.3, 0.4) is 0 Å². The van der Waals surface area contributed by atoms with Gasteiger partial charge in [-0.1, -0.05) is 44.9 Å². The molecule has 259 valence electrons. The van der Waals surface area contributed by atoms with Gasteiger partial charge in [0.25, 0.3) is 0 Å². The molecule has 11 heteroatoms. The third-order valence-corrected chi connectivity index (χ3v) is 11.6. The maximum Gasteiger partial charge on any atom is 0.170 e. The van der Waals surface area contributed by atoms with Gasteiger partial charge in [-0.25, -0.2) is 5.57 Å². The molecule has 4 rings (SSSR count). The summed E-state index contributed by atoms with van der Waals surface area (Å²) in [5, 5.41) is 3.16. The van der Waals surface area contributed by atoms with Gasteiger partial charge in [-0.15, -0.1) is 44.1 Å². The summed E-state index contributed by atoms with van der Waals surface area (Å²) in [5.74, 6) is 4.67. The smallest absolute Gasteiger partial charge is 0.170 e. The monoisotopic (exact) mass is 758 g/mol. The summed E-state index contributed by atoms with van der Waals surface area (Å²) in [4.78, 5) is 0. The molecule has 1 atom stereocenters. The molecular formula is C36H49Cl3O6SiTi-. The Labute approximate surface area is 317 Å². The van der Waals surface area contributed by atoms with Crippen molar-refractivity contribution in [3.8, 4) is 34.5 Å². The van der Waals surface area contributed by atoms with Gasteiger partial charge in [-0.3, -0.25) is 6.08 Å². The number of allylic oxidation sites excluding steroid dienone is 4. The Kier molecular flexibility index (Phi) is 20.9. The van der Waals surface area contributed by atoms with Crippen molar-refractivity contribution in [1.82, 2.24) is 0 Å². The summed E-state index contributed by atoms with van der Waals surface area (Å²) in [6, 6.07) is 12.0. The van der Waals surface area contributed by atoms with Crippen molar-refractivity contribution in [2.45, 2.75) is 48.5 Å². The van der Waals surface area contributed by atoms with E-state index in [2.05, 4.69) is 72.7 Å². The van der Waals surface area contributed by atoms with Crippen molar-refractivity contribution in [1.29, 1.82) is 0 Å². The largest absolute Gasteiger partial charge is 0.493 e. The zero-order chi connectivity index (χ0) is 32.0. The van der Waals surface area contributed by atoms with Gasteiger partial charge in [0.15, 0.2) is 43.3 Å². The standard InChI is InChI=1S/C27H33O6Si.C9H13.3ClH.Ti/c1-16-10-13-19(28-4)22(31-7)25(16)34(26-17(2)11-14-20(29-5)23(26)32-8)27-18(3)12-15-21(30-6)24(27)33-9;1-6-5-7(2)9(4)8(6)3;;;;/h10-15H,1-9H3;6H,1-4H3;3*1H;/q;-1;;;;. The van der Waals surface area contributed by atoms with Crippen molar-refractivity contribution >= 4 is 61.6 Å². The van der Waals surface area contributed by atoms with Crippen LogP contribution in [-0.4, -0.2) is 51.5 Å². The quantitative estimate of drug-likeness (QED) is 0.131. The average molecular weight is 760 g/mol. The zero-order valence-electron chi connectivity index (χ0n) is 29.7. The molecule has 1 unspecified atom stereocenters. The van der Waals surface area contributed by atoms with E-state index in [-0.39, 0.29) is 58.9 Å². The molecule has 0 saturated carbocycles. The maximum absolute atomic E-state index is 5.97. The van der Waals surface area contributed by atoms with Crippen LogP contribution < -0.4 is 44.0 Å². The summed E-state index contributed by atoms with van der Waals surface area (Å²) >= 11 is 0. The number of aryl methyl sites for hydroxylation is 3. The minimum atomic E-state index is -1.80. The third kappa shape index (κ3) is 9.68. The summed E-state index contributed by atoms with van der Waals surface area (Å²) in [5.41, 5.74) is 7.50. The van der Waals surface area contributed by atoms with Crippen LogP contribution in [0.25, 0.3) is 0 Å². The number of hydrogen-bond donors (Lipinski definition) is 0. The van der Waals surface area contributed by atoms with Crippen molar-refractivity contribution in [2.75, 3.05) is 42.7 Å². The summed E-state index contributed by atoms with van der Waals surface area (Å²) < 4.78 is 35.0. The van der Waals surface area contributed by atoms with Crippen LogP contribution >= 0.6 is 37.2 Å². The molecule has 0 saturated heterocycles. The molecule has 0 bridgehead atoms. The fourth-order valence-electron chi connectivity index (χ4n) is 5.55. The van der Waals surface area contributed by atoms with E-state index in [0.717, 1.165) is 32.3 Å². The molecule has 1 aliphatic rings. The predicted octanol–water partition coefficient (Wildman–Crippen LogP) is 7.16. The second-order valence-corrected chi connectivity index (χ2v) is 12.9. The van der Waals surface area contributed by atoms with Crippen LogP contribution in [0, 0.1) is 32.8 Å². The fourth-order valence-corrected chi connectivity index (χ4v) is 9.09. The van der Waals surface area contributed by atoms with E-state index in [1.807, 2.05) is 18.2 Å². The zero-order valence-corrected chi connectivity index (χ0v) is 34.7. The van der Waals surface area contributed by atoms with Gasteiger partial charge in [0.05, 0.1) is 42.7 Å². The molecule has 6 nitrogen and oxygen atoms in total. The number of ether oxygens (including phenoxy) is 6. The van der Waals surface area contributed by atoms with Crippen LogP contribution in [0.4, 0.5) is 0 Å². The average Bonchev–Trinajstić information content (AvgIpc) is 3.23. The van der Waals surface area contributed by atoms with E-state index in [1.165, 1.54) is 16.7 Å². The molecule has 3 aromatic rings. The van der Waals surface area contributed by atoms with Crippen molar-refractivity contribution in [3.63, 3.8) is 0 Å². The van der Waals surface area contributed by atoms with Gasteiger partial charge in [0, 0.05) is 21.7 Å². The number of halogens is 3. The Morgan fingerprint density at radius 3 is 0.979 bits per heavy atom. The molecule has 1 radical (unpaired) electrons. The number of hydrogen-bond acceptors (Lipinski definition) is 6. The molecule has 0 N–H and O–H groups in total. The summed E-state index contributed by atoms with van der Waals surface area (Å²) in [6.45, 7) is 14.9. The Balaban J connectivity index is 0. The first-order valence-electron chi connectivity index (χ1n) is 14.3. The molecule has 0 aromatic heterocycles. The first-order chi connectivity index (χ1) is 20.5. The number of rotatable bonds is 9. The molecule has 0 aliphatic heterocycles. The van der Waals surface area contributed by atoms with Crippen LogP contribution in [0.2, 0.25) is 0 Å². The van der Waals surface area contributed by atoms with E-state index in [1.54, 1.807) is 42.7 Å². The number of methoxy groups -OCH3 is 6. The van der Waals surface area contributed by atoms with Crippen LogP contribution in [-0.2, 0) is 21.7 Å². The van der Waals surface area contributed by atoms with E-state index in [4.69, 9.17) is 28.4 Å². The molecule has 0 heterocycles. The first kappa shape index (κ1) is 46.9. The minimum absolute atomic E-state index is 0. The SMILES string of the molecule is CC1=[C-]C(C)C(C)=C1C.COc1ccc(C)c([Si](c2c(C)ccc(OC)c2OC)c2c(C)ccc(OC)c2OC)c1OC.Cl.Cl.Cl.[Ti]. The molecule has 1 aliphatic carbocycles. The van der Waals surface area contributed by atoms with Gasteiger partial charge in [0.2, 0.25) is 0 Å². The van der Waals surface area contributed by atoms with Crippen molar-refractivity contribution < 1.29 is 50.1 Å². The molecule has 47 heavy (non-hydrogen) atoms. The van der Waals surface area contributed by atoms with Gasteiger partial charge < -0.3 is 28.4 Å². The number of benzene rings is 3. The Hall–Kier alpha value is -2.26. The predicted molar refractivity (Wildman–Crippen MR) is 199 cm³/mol. The second kappa shape index (κ2) is 21.0. The normalized spacial score (nSPS) is 13.0.